The van der Waals surface area contributed by atoms with Crippen molar-refractivity contribution in [2.45, 2.75) is 77.4 Å². The third-order valence-electron chi connectivity index (χ3n) is 5.41. The highest BCUT2D eigenvalue weighted by atomic mass is 16.5. The molecule has 0 saturated heterocycles. The first-order valence-electron chi connectivity index (χ1n) is 8.20. The van der Waals surface area contributed by atoms with E-state index in [9.17, 15) is 5.11 Å². The zero-order chi connectivity index (χ0) is 16.1. The predicted molar refractivity (Wildman–Crippen MR) is 89.8 cm³/mol. The van der Waals surface area contributed by atoms with Gasteiger partial charge in [-0.15, -0.1) is 0 Å². The fraction of sp³-hybridized carbons (Fsp3) is 0.684. The van der Waals surface area contributed by atoms with Gasteiger partial charge in [0, 0.05) is 18.9 Å². The van der Waals surface area contributed by atoms with Gasteiger partial charge in [-0.25, -0.2) is 0 Å². The molecule has 0 amide bonds. The summed E-state index contributed by atoms with van der Waals surface area (Å²) in [6, 6.07) is 8.63. The van der Waals surface area contributed by atoms with E-state index >= 15 is 0 Å². The second kappa shape index (κ2) is 7.42. The zero-order valence-electron chi connectivity index (χ0n) is 14.6. The van der Waals surface area contributed by atoms with E-state index in [0.29, 0.717) is 6.42 Å². The van der Waals surface area contributed by atoms with Gasteiger partial charge in [0.2, 0.25) is 0 Å². The van der Waals surface area contributed by atoms with Gasteiger partial charge in [-0.05, 0) is 37.3 Å². The molecule has 0 bridgehead atoms. The van der Waals surface area contributed by atoms with E-state index in [1.54, 1.807) is 7.11 Å². The fourth-order valence-electron chi connectivity index (χ4n) is 3.34. The van der Waals surface area contributed by atoms with E-state index < -0.39 is 0 Å². The molecule has 2 nitrogen and oxygen atoms in total. The smallest absolute Gasteiger partial charge is 0.0768 e. The Hall–Kier alpha value is -0.860. The lowest BCUT2D eigenvalue weighted by Gasteiger charge is -2.47. The van der Waals surface area contributed by atoms with E-state index in [1.165, 1.54) is 11.1 Å². The van der Waals surface area contributed by atoms with Crippen molar-refractivity contribution >= 4 is 0 Å². The van der Waals surface area contributed by atoms with Gasteiger partial charge in [0.05, 0.1) is 11.7 Å². The molecule has 0 spiro atoms. The van der Waals surface area contributed by atoms with Gasteiger partial charge in [0.25, 0.3) is 0 Å². The quantitative estimate of drug-likeness (QED) is 0.765. The number of methoxy groups -OCH3 is 1. The topological polar surface area (TPSA) is 29.5 Å². The van der Waals surface area contributed by atoms with Crippen LogP contribution in [0.4, 0.5) is 0 Å². The molecule has 2 heteroatoms. The van der Waals surface area contributed by atoms with Crippen LogP contribution in [0.5, 0.6) is 0 Å². The van der Waals surface area contributed by atoms with Crippen molar-refractivity contribution in [3.8, 4) is 0 Å². The van der Waals surface area contributed by atoms with Crippen molar-refractivity contribution in [2.24, 2.45) is 0 Å². The lowest BCUT2D eigenvalue weighted by atomic mass is 9.64. The van der Waals surface area contributed by atoms with Crippen molar-refractivity contribution in [3.05, 3.63) is 35.4 Å². The molecular formula is C19H32O2. The number of benzene rings is 1. The Kier molecular flexibility index (Phi) is 6.42. The second-order valence-corrected chi connectivity index (χ2v) is 6.40. The summed E-state index contributed by atoms with van der Waals surface area (Å²) in [6.45, 7) is 10.8. The molecule has 0 aromatic heterocycles. The average molecular weight is 292 g/mol. The Balaban J connectivity index is 3.34. The van der Waals surface area contributed by atoms with Crippen LogP contribution >= 0.6 is 0 Å². The monoisotopic (exact) mass is 292 g/mol. The third kappa shape index (κ3) is 3.49. The Bertz CT molecular complexity index is 443. The van der Waals surface area contributed by atoms with Crippen molar-refractivity contribution in [1.82, 2.24) is 0 Å². The fourth-order valence-corrected chi connectivity index (χ4v) is 3.34. The highest BCUT2D eigenvalue weighted by Crippen LogP contribution is 2.44. The average Bonchev–Trinajstić information content (AvgIpc) is 2.53. The summed E-state index contributed by atoms with van der Waals surface area (Å²) >= 11 is 0. The highest BCUT2D eigenvalue weighted by molar-refractivity contribution is 5.36. The highest BCUT2D eigenvalue weighted by Gasteiger charge is 2.46. The number of aliphatic hydroxyl groups is 1. The lowest BCUT2D eigenvalue weighted by Crippen LogP contribution is -2.51. The number of ether oxygens (including phenoxy) is 1. The molecule has 120 valence electrons. The van der Waals surface area contributed by atoms with Gasteiger partial charge in [0.15, 0.2) is 0 Å². The molecule has 0 aliphatic carbocycles. The molecule has 0 aliphatic heterocycles. The minimum atomic E-state index is -0.386. The molecule has 0 fully saturated rings. The maximum absolute atomic E-state index is 10.2. The lowest BCUT2D eigenvalue weighted by molar-refractivity contribution is -0.0873. The molecule has 1 aromatic carbocycles. The van der Waals surface area contributed by atoms with Crippen LogP contribution in [0.15, 0.2) is 24.3 Å². The minimum Gasteiger partial charge on any atom is -0.393 e. The number of rotatable bonds is 8. The molecule has 3 atom stereocenters. The Labute approximate surface area is 130 Å². The molecule has 1 rings (SSSR count). The van der Waals surface area contributed by atoms with E-state index in [1.807, 2.05) is 6.92 Å². The normalized spacial score (nSPS) is 18.8. The maximum Gasteiger partial charge on any atom is 0.0768 e. The second-order valence-electron chi connectivity index (χ2n) is 6.40. The number of hydrogen-bond donors (Lipinski definition) is 1. The van der Waals surface area contributed by atoms with Crippen LogP contribution in [0.1, 0.15) is 65.0 Å². The van der Waals surface area contributed by atoms with Gasteiger partial charge in [-0.3, -0.25) is 0 Å². The number of aryl methyl sites for hydroxylation is 1. The predicted octanol–water partition coefficient (Wildman–Crippen LogP) is 4.48. The first-order valence-corrected chi connectivity index (χ1v) is 8.20. The van der Waals surface area contributed by atoms with Crippen molar-refractivity contribution in [1.29, 1.82) is 0 Å². The minimum absolute atomic E-state index is 0.121. The Morgan fingerprint density at radius 3 is 2.24 bits per heavy atom. The van der Waals surface area contributed by atoms with Crippen LogP contribution in [0, 0.1) is 0 Å². The van der Waals surface area contributed by atoms with E-state index in [2.05, 4.69) is 52.0 Å². The largest absolute Gasteiger partial charge is 0.393 e. The summed E-state index contributed by atoms with van der Waals surface area (Å²) in [5, 5.41) is 10.2. The molecule has 0 saturated carbocycles. The molecule has 21 heavy (non-hydrogen) atoms. The standard InChI is InChI=1S/C19H32O2/c1-7-15-12-10-11-13-17(15)18(4,9-3)19(5,21-6)14-16(20)8-2/h10-13,16,20H,7-9,14H2,1-6H3. The number of hydrogen-bond acceptors (Lipinski definition) is 2. The zero-order valence-corrected chi connectivity index (χ0v) is 14.6. The van der Waals surface area contributed by atoms with Gasteiger partial charge < -0.3 is 9.84 Å². The van der Waals surface area contributed by atoms with Gasteiger partial charge in [-0.2, -0.15) is 0 Å². The maximum atomic E-state index is 10.2. The summed E-state index contributed by atoms with van der Waals surface area (Å²) in [5.74, 6) is 0. The summed E-state index contributed by atoms with van der Waals surface area (Å²) in [4.78, 5) is 0. The van der Waals surface area contributed by atoms with Crippen LogP contribution in [0.25, 0.3) is 0 Å². The Morgan fingerprint density at radius 1 is 1.14 bits per heavy atom. The van der Waals surface area contributed by atoms with E-state index in [0.717, 1.165) is 19.3 Å². The summed E-state index contributed by atoms with van der Waals surface area (Å²) in [6.07, 6.45) is 3.08. The summed E-state index contributed by atoms with van der Waals surface area (Å²) in [5.41, 5.74) is 2.21. The van der Waals surface area contributed by atoms with Crippen molar-refractivity contribution in [2.75, 3.05) is 7.11 Å². The molecule has 3 unspecified atom stereocenters. The van der Waals surface area contributed by atoms with Crippen LogP contribution in [0.3, 0.4) is 0 Å². The van der Waals surface area contributed by atoms with Crippen LogP contribution in [-0.4, -0.2) is 23.9 Å². The molecule has 0 heterocycles. The van der Waals surface area contributed by atoms with Crippen LogP contribution < -0.4 is 0 Å². The SMILES string of the molecule is CCc1ccccc1C(C)(CC)C(C)(CC(O)CC)OC. The summed E-state index contributed by atoms with van der Waals surface area (Å²) < 4.78 is 5.96. The van der Waals surface area contributed by atoms with Crippen molar-refractivity contribution < 1.29 is 9.84 Å². The molecule has 0 radical (unpaired) electrons. The summed E-state index contributed by atoms with van der Waals surface area (Å²) in [7, 11) is 1.77. The van der Waals surface area contributed by atoms with Crippen molar-refractivity contribution in [3.63, 3.8) is 0 Å². The molecule has 1 N–H and O–H groups in total. The van der Waals surface area contributed by atoms with Crippen LogP contribution in [-0.2, 0) is 16.6 Å². The third-order valence-corrected chi connectivity index (χ3v) is 5.41. The van der Waals surface area contributed by atoms with Crippen LogP contribution in [0.2, 0.25) is 0 Å². The first-order chi connectivity index (χ1) is 9.88. The Morgan fingerprint density at radius 2 is 1.76 bits per heavy atom. The number of aliphatic hydroxyl groups excluding tert-OH is 1. The van der Waals surface area contributed by atoms with E-state index in [-0.39, 0.29) is 17.1 Å². The molecule has 1 aromatic rings. The molecular weight excluding hydrogens is 260 g/mol. The van der Waals surface area contributed by atoms with Gasteiger partial charge in [0.1, 0.15) is 0 Å². The molecule has 0 aliphatic rings. The van der Waals surface area contributed by atoms with Gasteiger partial charge >= 0.3 is 0 Å². The van der Waals surface area contributed by atoms with E-state index in [4.69, 9.17) is 4.74 Å². The first kappa shape index (κ1) is 18.2. The van der Waals surface area contributed by atoms with Gasteiger partial charge in [-0.1, -0.05) is 52.0 Å².